The van der Waals surface area contributed by atoms with Gasteiger partial charge in [-0.1, -0.05) is 69.7 Å². The highest BCUT2D eigenvalue weighted by Crippen LogP contribution is 2.37. The molecule has 0 radical (unpaired) electrons. The van der Waals surface area contributed by atoms with Gasteiger partial charge in [-0.25, -0.2) is 0 Å². The van der Waals surface area contributed by atoms with Crippen molar-refractivity contribution in [3.05, 3.63) is 57.6 Å². The summed E-state index contributed by atoms with van der Waals surface area (Å²) in [4.78, 5) is 0. The first kappa shape index (κ1) is 21.3. The van der Waals surface area contributed by atoms with E-state index in [4.69, 9.17) is 0 Å². The Morgan fingerprint density at radius 2 is 1.00 bits per heavy atom. The summed E-state index contributed by atoms with van der Waals surface area (Å²) < 4.78 is 0. The van der Waals surface area contributed by atoms with Gasteiger partial charge in [-0.05, 0) is 67.5 Å². The van der Waals surface area contributed by atoms with Crippen LogP contribution in [0.1, 0.15) is 91.2 Å². The minimum atomic E-state index is 0.298. The predicted octanol–water partition coefficient (Wildman–Crippen LogP) is 7.21. The van der Waals surface area contributed by atoms with Crippen LogP contribution in [0.5, 0.6) is 11.5 Å². The van der Waals surface area contributed by atoms with Crippen molar-refractivity contribution in [3.63, 3.8) is 0 Å². The van der Waals surface area contributed by atoms with Crippen LogP contribution in [0.4, 0.5) is 0 Å². The van der Waals surface area contributed by atoms with Gasteiger partial charge in [0.25, 0.3) is 0 Å². The smallest absolute Gasteiger partial charge is 0.121 e. The Morgan fingerprint density at radius 1 is 0.630 bits per heavy atom. The first-order valence-corrected chi connectivity index (χ1v) is 10.4. The number of phenolic OH excluding ortho intramolecular Hbond substituents is 2. The molecule has 2 nitrogen and oxygen atoms in total. The van der Waals surface area contributed by atoms with Crippen molar-refractivity contribution >= 4 is 0 Å². The molecule has 2 rings (SSSR count). The van der Waals surface area contributed by atoms with Crippen molar-refractivity contribution in [2.24, 2.45) is 0 Å². The third-order valence-corrected chi connectivity index (χ3v) is 5.68. The van der Waals surface area contributed by atoms with Gasteiger partial charge in [-0.15, -0.1) is 0 Å². The van der Waals surface area contributed by atoms with Crippen LogP contribution in [0.15, 0.2) is 24.3 Å². The van der Waals surface area contributed by atoms with Gasteiger partial charge in [-0.2, -0.15) is 0 Å². The van der Waals surface area contributed by atoms with E-state index in [2.05, 4.69) is 31.2 Å². The number of phenols is 2. The number of rotatable bonds is 9. The fourth-order valence-electron chi connectivity index (χ4n) is 4.04. The molecule has 0 saturated carbocycles. The van der Waals surface area contributed by atoms with E-state index in [9.17, 15) is 10.2 Å². The molecule has 0 aliphatic carbocycles. The third kappa shape index (κ3) is 5.51. The van der Waals surface area contributed by atoms with Gasteiger partial charge in [0.1, 0.15) is 11.5 Å². The maximum Gasteiger partial charge on any atom is 0.121 e. The predicted molar refractivity (Wildman–Crippen MR) is 115 cm³/mol. The second kappa shape index (κ2) is 9.82. The Hall–Kier alpha value is -1.96. The zero-order valence-corrected chi connectivity index (χ0v) is 17.7. The highest BCUT2D eigenvalue weighted by atomic mass is 16.3. The summed E-state index contributed by atoms with van der Waals surface area (Å²) in [7, 11) is 0. The molecular weight excluding hydrogens is 332 g/mol. The van der Waals surface area contributed by atoms with Gasteiger partial charge in [0.05, 0.1) is 0 Å². The molecule has 2 aromatic rings. The SMILES string of the molecule is CCCCCCCCC(c1cc(C)c(O)c(C)c1)c1cc(C)c(O)c(C)c1. The highest BCUT2D eigenvalue weighted by Gasteiger charge is 2.18. The second-order valence-corrected chi connectivity index (χ2v) is 8.12. The lowest BCUT2D eigenvalue weighted by Crippen LogP contribution is -2.04. The largest absolute Gasteiger partial charge is 0.507 e. The van der Waals surface area contributed by atoms with Crippen LogP contribution >= 0.6 is 0 Å². The number of unbranched alkanes of at least 4 members (excludes halogenated alkanes) is 5. The molecule has 27 heavy (non-hydrogen) atoms. The lowest BCUT2D eigenvalue weighted by atomic mass is 9.83. The van der Waals surface area contributed by atoms with Gasteiger partial charge >= 0.3 is 0 Å². The summed E-state index contributed by atoms with van der Waals surface area (Å²) in [6, 6.07) is 8.51. The topological polar surface area (TPSA) is 40.5 Å². The van der Waals surface area contributed by atoms with Crippen molar-refractivity contribution < 1.29 is 10.2 Å². The highest BCUT2D eigenvalue weighted by molar-refractivity contribution is 5.49. The van der Waals surface area contributed by atoms with Crippen molar-refractivity contribution in [1.29, 1.82) is 0 Å². The Balaban J connectivity index is 2.29. The lowest BCUT2D eigenvalue weighted by molar-refractivity contribution is 0.465. The number of benzene rings is 2. The van der Waals surface area contributed by atoms with E-state index in [1.54, 1.807) is 0 Å². The summed E-state index contributed by atoms with van der Waals surface area (Å²) in [5.74, 6) is 1.09. The normalized spacial score (nSPS) is 11.3. The average Bonchev–Trinajstić information content (AvgIpc) is 2.63. The lowest BCUT2D eigenvalue weighted by Gasteiger charge is -2.21. The van der Waals surface area contributed by atoms with Crippen LogP contribution in [0.2, 0.25) is 0 Å². The molecule has 0 spiro atoms. The van der Waals surface area contributed by atoms with Gasteiger partial charge in [0.15, 0.2) is 0 Å². The fourth-order valence-corrected chi connectivity index (χ4v) is 4.04. The Labute approximate surface area is 165 Å². The Morgan fingerprint density at radius 3 is 1.41 bits per heavy atom. The molecule has 2 aromatic carbocycles. The molecule has 0 saturated heterocycles. The van der Waals surface area contributed by atoms with E-state index in [0.29, 0.717) is 17.4 Å². The van der Waals surface area contributed by atoms with Gasteiger partial charge in [-0.3, -0.25) is 0 Å². The standard InChI is InChI=1S/C25H36O2/c1-6-7-8-9-10-11-12-23(21-13-17(2)24(26)18(3)14-21)22-15-19(4)25(27)20(5)16-22/h13-16,23,26-27H,6-12H2,1-5H3. The maximum absolute atomic E-state index is 10.2. The molecule has 148 valence electrons. The second-order valence-electron chi connectivity index (χ2n) is 8.12. The van der Waals surface area contributed by atoms with E-state index in [0.717, 1.165) is 28.7 Å². The van der Waals surface area contributed by atoms with Crippen molar-refractivity contribution in [2.45, 2.75) is 85.5 Å². The summed E-state index contributed by atoms with van der Waals surface area (Å²) in [6.07, 6.45) is 8.81. The quantitative estimate of drug-likeness (QED) is 0.459. The van der Waals surface area contributed by atoms with Crippen LogP contribution in [0.3, 0.4) is 0 Å². The molecular formula is C25H36O2. The van der Waals surface area contributed by atoms with Crippen LogP contribution in [0, 0.1) is 27.7 Å². The van der Waals surface area contributed by atoms with Gasteiger partial charge in [0, 0.05) is 5.92 Å². The van der Waals surface area contributed by atoms with Crippen LogP contribution in [-0.4, -0.2) is 10.2 Å². The minimum Gasteiger partial charge on any atom is -0.507 e. The molecule has 0 fully saturated rings. The number of hydrogen-bond acceptors (Lipinski definition) is 2. The van der Waals surface area contributed by atoms with Crippen molar-refractivity contribution in [3.8, 4) is 11.5 Å². The summed E-state index contributed by atoms with van der Waals surface area (Å²) in [5.41, 5.74) is 6.27. The molecule has 0 aliphatic rings. The summed E-state index contributed by atoms with van der Waals surface area (Å²) in [6.45, 7) is 10.1. The first-order chi connectivity index (χ1) is 12.8. The molecule has 0 aromatic heterocycles. The monoisotopic (exact) mass is 368 g/mol. The van der Waals surface area contributed by atoms with Crippen LogP contribution < -0.4 is 0 Å². The molecule has 2 heteroatoms. The van der Waals surface area contributed by atoms with E-state index in [1.165, 1.54) is 49.7 Å². The fraction of sp³-hybridized carbons (Fsp3) is 0.520. The molecule has 2 N–H and O–H groups in total. The zero-order chi connectivity index (χ0) is 20.0. The average molecular weight is 369 g/mol. The Kier molecular flexibility index (Phi) is 7.77. The first-order valence-electron chi connectivity index (χ1n) is 10.4. The summed E-state index contributed by atoms with van der Waals surface area (Å²) >= 11 is 0. The third-order valence-electron chi connectivity index (χ3n) is 5.68. The molecule has 0 heterocycles. The Bertz CT molecular complexity index is 657. The number of aromatic hydroxyl groups is 2. The van der Waals surface area contributed by atoms with Crippen LogP contribution in [-0.2, 0) is 0 Å². The maximum atomic E-state index is 10.2. The molecule has 0 amide bonds. The zero-order valence-electron chi connectivity index (χ0n) is 17.7. The van der Waals surface area contributed by atoms with Crippen LogP contribution in [0.25, 0.3) is 0 Å². The summed E-state index contributed by atoms with van der Waals surface area (Å²) in [5, 5.41) is 20.3. The van der Waals surface area contributed by atoms with Gasteiger partial charge in [0.2, 0.25) is 0 Å². The molecule has 0 atom stereocenters. The van der Waals surface area contributed by atoms with E-state index in [-0.39, 0.29) is 0 Å². The van der Waals surface area contributed by atoms with Crippen molar-refractivity contribution in [2.75, 3.05) is 0 Å². The molecule has 0 bridgehead atoms. The molecule has 0 aliphatic heterocycles. The number of hydrogen-bond donors (Lipinski definition) is 2. The number of aryl methyl sites for hydroxylation is 4. The van der Waals surface area contributed by atoms with E-state index in [1.807, 2.05) is 27.7 Å². The van der Waals surface area contributed by atoms with E-state index < -0.39 is 0 Å². The van der Waals surface area contributed by atoms with E-state index >= 15 is 0 Å². The molecule has 0 unspecified atom stereocenters. The minimum absolute atomic E-state index is 0.298. The van der Waals surface area contributed by atoms with Crippen molar-refractivity contribution in [1.82, 2.24) is 0 Å². The van der Waals surface area contributed by atoms with Gasteiger partial charge < -0.3 is 10.2 Å².